The Bertz CT molecular complexity index is 1100. The molecule has 5 heteroatoms. The lowest BCUT2D eigenvalue weighted by Crippen LogP contribution is -2.26. The molecule has 4 nitrogen and oxygen atoms in total. The highest BCUT2D eigenvalue weighted by atomic mass is 32.1. The van der Waals surface area contributed by atoms with Crippen LogP contribution in [0.25, 0.3) is 0 Å². The first-order valence-corrected chi connectivity index (χ1v) is 11.2. The van der Waals surface area contributed by atoms with Gasteiger partial charge in [-0.3, -0.25) is 4.79 Å². The maximum absolute atomic E-state index is 13.5. The van der Waals surface area contributed by atoms with Gasteiger partial charge in [0.15, 0.2) is 5.78 Å². The second kappa shape index (κ2) is 7.65. The number of benzene rings is 2. The number of hydrogen-bond donors (Lipinski definition) is 2. The predicted molar refractivity (Wildman–Crippen MR) is 126 cm³/mol. The minimum atomic E-state index is -0.110. The molecular weight excluding hydrogens is 390 g/mol. The van der Waals surface area contributed by atoms with Crippen LogP contribution in [0.3, 0.4) is 0 Å². The summed E-state index contributed by atoms with van der Waals surface area (Å²) >= 11 is 1.69. The van der Waals surface area contributed by atoms with Crippen molar-refractivity contribution in [2.75, 3.05) is 29.6 Å². The number of nitrogens with zero attached hydrogens (tertiary/aromatic N) is 1. The first kappa shape index (κ1) is 18.9. The Kier molecular flexibility index (Phi) is 4.83. The zero-order chi connectivity index (χ0) is 20.7. The fourth-order valence-electron chi connectivity index (χ4n) is 4.44. The Balaban J connectivity index is 1.54. The number of nitrogens with one attached hydrogen (secondary N) is 2. The summed E-state index contributed by atoms with van der Waals surface area (Å²) in [6.45, 7) is 0. The van der Waals surface area contributed by atoms with Crippen molar-refractivity contribution in [1.82, 2.24) is 0 Å². The van der Waals surface area contributed by atoms with Crippen molar-refractivity contribution >= 4 is 34.2 Å². The minimum absolute atomic E-state index is 0.110. The second-order valence-corrected chi connectivity index (χ2v) is 9.15. The standard InChI is InChI=1S/C25H25N3OS/c1-28(2)18-11-9-16(10-12-18)17-14-21-24(22(29)15-17)25(23-8-5-13-30-23)27-20-7-4-3-6-19(20)26-21/h3-13,17,25-27H,14-15H2,1-2H3/t17-,25+/m0/s1. The fourth-order valence-corrected chi connectivity index (χ4v) is 5.23. The highest BCUT2D eigenvalue weighted by Gasteiger charge is 2.36. The van der Waals surface area contributed by atoms with E-state index in [2.05, 4.69) is 69.4 Å². The molecule has 2 aliphatic rings. The third-order valence-corrected chi connectivity index (χ3v) is 6.95. The van der Waals surface area contributed by atoms with Gasteiger partial charge in [-0.1, -0.05) is 30.3 Å². The summed E-state index contributed by atoms with van der Waals surface area (Å²) in [4.78, 5) is 16.7. The summed E-state index contributed by atoms with van der Waals surface area (Å²) < 4.78 is 0. The minimum Gasteiger partial charge on any atom is -0.378 e. The SMILES string of the molecule is CN(C)c1ccc([C@@H]2CC(=O)C3=C(C2)Nc2ccccc2N[C@@H]3c2cccs2)cc1. The number of carbonyl (C=O) groups is 1. The van der Waals surface area contributed by atoms with E-state index >= 15 is 0 Å². The highest BCUT2D eigenvalue weighted by Crippen LogP contribution is 2.45. The number of allylic oxidation sites excluding steroid dienone is 1. The zero-order valence-corrected chi connectivity index (χ0v) is 18.0. The Morgan fingerprint density at radius 2 is 1.70 bits per heavy atom. The van der Waals surface area contributed by atoms with Gasteiger partial charge in [0.25, 0.3) is 0 Å². The number of ketones is 1. The zero-order valence-electron chi connectivity index (χ0n) is 17.2. The molecule has 3 aromatic rings. The van der Waals surface area contributed by atoms with E-state index in [9.17, 15) is 4.79 Å². The number of carbonyl (C=O) groups excluding carboxylic acids is 1. The lowest BCUT2D eigenvalue weighted by molar-refractivity contribution is -0.116. The van der Waals surface area contributed by atoms with Crippen LogP contribution in [0.4, 0.5) is 17.1 Å². The molecule has 0 bridgehead atoms. The van der Waals surface area contributed by atoms with Crippen LogP contribution < -0.4 is 15.5 Å². The van der Waals surface area contributed by atoms with Crippen LogP contribution in [-0.2, 0) is 4.79 Å². The monoisotopic (exact) mass is 415 g/mol. The van der Waals surface area contributed by atoms with Gasteiger partial charge in [0.2, 0.25) is 0 Å². The molecule has 0 saturated carbocycles. The normalized spacial score (nSPS) is 20.5. The Morgan fingerprint density at radius 1 is 0.933 bits per heavy atom. The van der Waals surface area contributed by atoms with Gasteiger partial charge >= 0.3 is 0 Å². The van der Waals surface area contributed by atoms with Crippen molar-refractivity contribution in [2.45, 2.75) is 24.8 Å². The second-order valence-electron chi connectivity index (χ2n) is 8.17. The number of thiophene rings is 1. The number of hydrogen-bond acceptors (Lipinski definition) is 5. The van der Waals surface area contributed by atoms with E-state index in [1.165, 1.54) is 16.1 Å². The van der Waals surface area contributed by atoms with E-state index in [1.807, 2.05) is 26.2 Å². The van der Waals surface area contributed by atoms with Crippen LogP contribution in [0, 0.1) is 0 Å². The summed E-state index contributed by atoms with van der Waals surface area (Å²) in [5, 5.41) is 9.31. The van der Waals surface area contributed by atoms with E-state index in [4.69, 9.17) is 0 Å². The first-order valence-electron chi connectivity index (χ1n) is 10.3. The molecule has 0 radical (unpaired) electrons. The lowest BCUT2D eigenvalue weighted by Gasteiger charge is -2.29. The van der Waals surface area contributed by atoms with Crippen molar-refractivity contribution in [2.24, 2.45) is 0 Å². The fraction of sp³-hybridized carbons (Fsp3) is 0.240. The van der Waals surface area contributed by atoms with Crippen LogP contribution >= 0.6 is 11.3 Å². The first-order chi connectivity index (χ1) is 14.6. The molecule has 0 saturated heterocycles. The van der Waals surface area contributed by atoms with E-state index in [0.717, 1.165) is 29.1 Å². The Labute approximate surface area is 181 Å². The number of anilines is 3. The van der Waals surface area contributed by atoms with Crippen molar-refractivity contribution in [3.63, 3.8) is 0 Å². The Hall–Kier alpha value is -3.05. The van der Waals surface area contributed by atoms with Gasteiger partial charge in [-0.05, 0) is 53.6 Å². The number of Topliss-reactive ketones (excluding diaryl/α,β-unsaturated/α-hetero) is 1. The van der Waals surface area contributed by atoms with Gasteiger partial charge in [-0.25, -0.2) is 0 Å². The average molecular weight is 416 g/mol. The summed E-state index contributed by atoms with van der Waals surface area (Å²) in [7, 11) is 4.08. The largest absolute Gasteiger partial charge is 0.378 e. The molecule has 2 aromatic carbocycles. The van der Waals surface area contributed by atoms with Crippen molar-refractivity contribution in [1.29, 1.82) is 0 Å². The van der Waals surface area contributed by atoms with Crippen LogP contribution in [0.5, 0.6) is 0 Å². The van der Waals surface area contributed by atoms with Crippen molar-refractivity contribution < 1.29 is 4.79 Å². The molecule has 0 amide bonds. The summed E-state index contributed by atoms with van der Waals surface area (Å²) in [5.41, 5.74) is 6.38. The molecule has 1 aromatic heterocycles. The molecule has 30 heavy (non-hydrogen) atoms. The van der Waals surface area contributed by atoms with Crippen LogP contribution in [0.15, 0.2) is 77.3 Å². The molecule has 2 heterocycles. The smallest absolute Gasteiger partial charge is 0.163 e. The van der Waals surface area contributed by atoms with Gasteiger partial charge in [0.05, 0.1) is 17.4 Å². The van der Waals surface area contributed by atoms with Gasteiger partial charge < -0.3 is 15.5 Å². The van der Waals surface area contributed by atoms with E-state index in [-0.39, 0.29) is 17.7 Å². The molecule has 0 spiro atoms. The summed E-state index contributed by atoms with van der Waals surface area (Å²) in [5.74, 6) is 0.415. The quantitative estimate of drug-likeness (QED) is 0.568. The predicted octanol–water partition coefficient (Wildman–Crippen LogP) is 5.79. The number of rotatable bonds is 3. The van der Waals surface area contributed by atoms with Gasteiger partial charge in [0.1, 0.15) is 0 Å². The molecule has 152 valence electrons. The van der Waals surface area contributed by atoms with Crippen LogP contribution in [-0.4, -0.2) is 19.9 Å². The van der Waals surface area contributed by atoms with Gasteiger partial charge in [0, 0.05) is 42.4 Å². The average Bonchev–Trinajstić information content (AvgIpc) is 3.22. The van der Waals surface area contributed by atoms with Crippen LogP contribution in [0.1, 0.15) is 35.2 Å². The Morgan fingerprint density at radius 3 is 2.40 bits per heavy atom. The maximum Gasteiger partial charge on any atom is 0.163 e. The van der Waals surface area contributed by atoms with E-state index in [0.29, 0.717) is 6.42 Å². The molecule has 5 rings (SSSR count). The van der Waals surface area contributed by atoms with Gasteiger partial charge in [-0.15, -0.1) is 11.3 Å². The molecule has 2 N–H and O–H groups in total. The molecular formula is C25H25N3OS. The third kappa shape index (κ3) is 3.39. The maximum atomic E-state index is 13.5. The summed E-state index contributed by atoms with van der Waals surface area (Å²) in [6, 6.07) is 20.9. The van der Waals surface area contributed by atoms with Crippen molar-refractivity contribution in [3.8, 4) is 0 Å². The molecule has 0 fully saturated rings. The van der Waals surface area contributed by atoms with E-state index in [1.54, 1.807) is 11.3 Å². The van der Waals surface area contributed by atoms with Crippen molar-refractivity contribution in [3.05, 3.63) is 87.8 Å². The molecule has 1 aliphatic carbocycles. The topological polar surface area (TPSA) is 44.4 Å². The molecule has 0 unspecified atom stereocenters. The number of para-hydroxylation sites is 2. The summed E-state index contributed by atoms with van der Waals surface area (Å²) in [6.07, 6.45) is 1.38. The van der Waals surface area contributed by atoms with E-state index < -0.39 is 0 Å². The number of fused-ring (bicyclic) bond motifs is 1. The molecule has 1 aliphatic heterocycles. The third-order valence-electron chi connectivity index (χ3n) is 6.02. The lowest BCUT2D eigenvalue weighted by atomic mass is 9.79. The molecule has 2 atom stereocenters. The van der Waals surface area contributed by atoms with Gasteiger partial charge in [-0.2, -0.15) is 0 Å². The highest BCUT2D eigenvalue weighted by molar-refractivity contribution is 7.10. The van der Waals surface area contributed by atoms with Crippen LogP contribution in [0.2, 0.25) is 0 Å².